The Labute approximate surface area is 193 Å². The molecule has 1 aromatic carbocycles. The highest BCUT2D eigenvalue weighted by Crippen LogP contribution is 2.50. The van der Waals surface area contributed by atoms with Crippen LogP contribution in [0, 0.1) is 17.2 Å². The van der Waals surface area contributed by atoms with Crippen molar-refractivity contribution in [1.82, 2.24) is 0 Å². The van der Waals surface area contributed by atoms with Gasteiger partial charge in [-0.3, -0.25) is 14.4 Å². The van der Waals surface area contributed by atoms with Gasteiger partial charge in [0.2, 0.25) is 5.91 Å². The standard InChI is InChI=1S/C24H19N3O3S2/c25-13-16-15-9-4-5-10-17(15)32-24(16)26-22(28)19-20(18-11-6-12-31-18)27(30-21(19)23(26)29)14-7-2-1-3-8-14/h1-3,6-8,11-12,19-21H,4-5,9-10H2. The van der Waals surface area contributed by atoms with Gasteiger partial charge in [0.05, 0.1) is 11.3 Å². The molecule has 2 fully saturated rings. The molecule has 2 aromatic heterocycles. The molecule has 0 spiro atoms. The summed E-state index contributed by atoms with van der Waals surface area (Å²) in [7, 11) is 0. The number of fused-ring (bicyclic) bond motifs is 2. The molecular weight excluding hydrogens is 442 g/mol. The molecule has 0 N–H and O–H groups in total. The molecule has 0 saturated carbocycles. The van der Waals surface area contributed by atoms with E-state index in [1.807, 2.05) is 47.8 Å². The molecule has 6 nitrogen and oxygen atoms in total. The Balaban J connectivity index is 1.43. The van der Waals surface area contributed by atoms with Crippen molar-refractivity contribution in [1.29, 1.82) is 5.26 Å². The smallest absolute Gasteiger partial charge is 0.267 e. The first-order valence-electron chi connectivity index (χ1n) is 10.7. The number of imide groups is 1. The molecule has 2 saturated heterocycles. The van der Waals surface area contributed by atoms with Gasteiger partial charge in [-0.2, -0.15) is 5.26 Å². The number of benzene rings is 1. The molecule has 3 aliphatic rings. The van der Waals surface area contributed by atoms with Crippen LogP contribution in [0.25, 0.3) is 0 Å². The summed E-state index contributed by atoms with van der Waals surface area (Å²) in [5.74, 6) is -1.32. The van der Waals surface area contributed by atoms with Gasteiger partial charge in [0.15, 0.2) is 6.10 Å². The molecule has 32 heavy (non-hydrogen) atoms. The van der Waals surface area contributed by atoms with Crippen LogP contribution in [0.5, 0.6) is 0 Å². The summed E-state index contributed by atoms with van der Waals surface area (Å²) in [5, 5.41) is 14.0. The van der Waals surface area contributed by atoms with Crippen molar-refractivity contribution in [2.75, 3.05) is 9.96 Å². The van der Waals surface area contributed by atoms with Crippen molar-refractivity contribution in [2.45, 2.75) is 37.8 Å². The molecule has 1 aliphatic carbocycles. The van der Waals surface area contributed by atoms with E-state index >= 15 is 0 Å². The van der Waals surface area contributed by atoms with E-state index in [-0.39, 0.29) is 11.8 Å². The molecule has 2 amide bonds. The third-order valence-corrected chi connectivity index (χ3v) is 8.65. The van der Waals surface area contributed by atoms with Crippen LogP contribution in [0.4, 0.5) is 10.7 Å². The summed E-state index contributed by atoms with van der Waals surface area (Å²) in [5.41, 5.74) is 2.30. The molecule has 0 radical (unpaired) electrons. The Morgan fingerprint density at radius 2 is 1.84 bits per heavy atom. The van der Waals surface area contributed by atoms with Crippen LogP contribution in [0.15, 0.2) is 47.8 Å². The number of hydroxylamine groups is 1. The van der Waals surface area contributed by atoms with Crippen molar-refractivity contribution in [3.63, 3.8) is 0 Å². The lowest BCUT2D eigenvalue weighted by Crippen LogP contribution is -2.37. The largest absolute Gasteiger partial charge is 0.273 e. The zero-order valence-electron chi connectivity index (χ0n) is 17.1. The van der Waals surface area contributed by atoms with Crippen LogP contribution < -0.4 is 9.96 Å². The number of carbonyl (C=O) groups excluding carboxylic acids is 2. The number of thiophene rings is 2. The van der Waals surface area contributed by atoms with E-state index in [2.05, 4.69) is 6.07 Å². The predicted molar refractivity (Wildman–Crippen MR) is 123 cm³/mol. The van der Waals surface area contributed by atoms with Crippen molar-refractivity contribution >= 4 is 45.2 Å². The Morgan fingerprint density at radius 3 is 2.59 bits per heavy atom. The minimum absolute atomic E-state index is 0.285. The van der Waals surface area contributed by atoms with Gasteiger partial charge in [-0.15, -0.1) is 22.7 Å². The Bertz CT molecular complexity index is 1250. The first-order chi connectivity index (χ1) is 15.7. The van der Waals surface area contributed by atoms with Gasteiger partial charge in [-0.25, -0.2) is 9.96 Å². The molecule has 0 bridgehead atoms. The van der Waals surface area contributed by atoms with Crippen molar-refractivity contribution in [3.8, 4) is 6.07 Å². The lowest BCUT2D eigenvalue weighted by atomic mass is 9.95. The van der Waals surface area contributed by atoms with Crippen molar-refractivity contribution in [2.24, 2.45) is 5.92 Å². The van der Waals surface area contributed by atoms with Crippen LogP contribution in [0.1, 0.15) is 39.8 Å². The van der Waals surface area contributed by atoms with Crippen LogP contribution in [0.2, 0.25) is 0 Å². The second-order valence-corrected chi connectivity index (χ2v) is 10.3. The maximum atomic E-state index is 13.8. The van der Waals surface area contributed by atoms with Gasteiger partial charge in [-0.05, 0) is 54.8 Å². The van der Waals surface area contributed by atoms with Gasteiger partial charge in [0, 0.05) is 9.75 Å². The molecule has 3 unspecified atom stereocenters. The first-order valence-corrected chi connectivity index (χ1v) is 12.4. The predicted octanol–water partition coefficient (Wildman–Crippen LogP) is 4.61. The average molecular weight is 462 g/mol. The van der Waals surface area contributed by atoms with E-state index < -0.39 is 18.1 Å². The lowest BCUT2D eigenvalue weighted by Gasteiger charge is -2.27. The first kappa shape index (κ1) is 19.7. The Hall–Kier alpha value is -2.99. The van der Waals surface area contributed by atoms with Crippen LogP contribution in [-0.2, 0) is 27.3 Å². The topological polar surface area (TPSA) is 73.6 Å². The normalized spacial score (nSPS) is 24.5. The summed E-state index contributed by atoms with van der Waals surface area (Å²) < 4.78 is 0. The third-order valence-electron chi connectivity index (χ3n) is 6.43. The molecule has 160 valence electrons. The fraction of sp³-hybridized carbons (Fsp3) is 0.292. The number of amides is 2. The van der Waals surface area contributed by atoms with Gasteiger partial charge < -0.3 is 0 Å². The van der Waals surface area contributed by atoms with E-state index in [4.69, 9.17) is 4.84 Å². The molecule has 6 rings (SSSR count). The number of hydrogen-bond donors (Lipinski definition) is 0. The highest BCUT2D eigenvalue weighted by molar-refractivity contribution is 7.17. The van der Waals surface area contributed by atoms with Crippen LogP contribution >= 0.6 is 22.7 Å². The zero-order valence-corrected chi connectivity index (χ0v) is 18.7. The second-order valence-electron chi connectivity index (χ2n) is 8.19. The highest BCUT2D eigenvalue weighted by atomic mass is 32.1. The fourth-order valence-electron chi connectivity index (χ4n) is 4.99. The Kier molecular flexibility index (Phi) is 4.65. The SMILES string of the molecule is N#Cc1c(N2C(=O)C3ON(c4ccccc4)C(c4cccs4)C3C2=O)sc2c1CCCC2. The van der Waals surface area contributed by atoms with E-state index in [1.165, 1.54) is 16.2 Å². The molecule has 8 heteroatoms. The molecule has 4 heterocycles. The number of hydrogen-bond acceptors (Lipinski definition) is 7. The molecule has 2 aliphatic heterocycles. The average Bonchev–Trinajstić information content (AvgIpc) is 3.58. The number of aryl methyl sites for hydroxylation is 1. The Morgan fingerprint density at radius 1 is 1.03 bits per heavy atom. The highest BCUT2D eigenvalue weighted by Gasteiger charge is 2.61. The number of carbonyl (C=O) groups is 2. The number of rotatable bonds is 3. The number of nitriles is 1. The van der Waals surface area contributed by atoms with Gasteiger partial charge in [-0.1, -0.05) is 24.3 Å². The van der Waals surface area contributed by atoms with Crippen molar-refractivity contribution in [3.05, 3.63) is 68.7 Å². The quantitative estimate of drug-likeness (QED) is 0.533. The summed E-state index contributed by atoms with van der Waals surface area (Å²) in [6.45, 7) is 0. The van der Waals surface area contributed by atoms with Crippen LogP contribution in [0.3, 0.4) is 0 Å². The van der Waals surface area contributed by atoms with Gasteiger partial charge >= 0.3 is 0 Å². The molecular formula is C24H19N3O3S2. The van der Waals surface area contributed by atoms with Crippen molar-refractivity contribution < 1.29 is 14.4 Å². The van der Waals surface area contributed by atoms with E-state index in [0.29, 0.717) is 10.6 Å². The monoisotopic (exact) mass is 461 g/mol. The summed E-state index contributed by atoms with van der Waals surface area (Å²) in [6.07, 6.45) is 2.92. The van der Waals surface area contributed by atoms with Gasteiger partial charge in [0.25, 0.3) is 5.91 Å². The summed E-state index contributed by atoms with van der Waals surface area (Å²) in [4.78, 5) is 36.8. The van der Waals surface area contributed by atoms with E-state index in [0.717, 1.165) is 46.7 Å². The van der Waals surface area contributed by atoms with Gasteiger partial charge in [0.1, 0.15) is 23.0 Å². The summed E-state index contributed by atoms with van der Waals surface area (Å²) in [6, 6.07) is 15.3. The number of anilines is 2. The number of para-hydroxylation sites is 1. The number of nitrogens with zero attached hydrogens (tertiary/aromatic N) is 3. The second kappa shape index (κ2) is 7.55. The van der Waals surface area contributed by atoms with Crippen LogP contribution in [-0.4, -0.2) is 17.9 Å². The maximum absolute atomic E-state index is 13.8. The molecule has 3 aromatic rings. The zero-order chi connectivity index (χ0) is 21.8. The minimum Gasteiger partial charge on any atom is -0.273 e. The fourth-order valence-corrected chi connectivity index (χ4v) is 7.19. The maximum Gasteiger partial charge on any atom is 0.267 e. The van der Waals surface area contributed by atoms with E-state index in [9.17, 15) is 14.9 Å². The summed E-state index contributed by atoms with van der Waals surface area (Å²) >= 11 is 2.97. The third kappa shape index (κ3) is 2.78. The molecule has 3 atom stereocenters. The minimum atomic E-state index is -0.902. The lowest BCUT2D eigenvalue weighted by molar-refractivity contribution is -0.126. The van der Waals surface area contributed by atoms with E-state index in [1.54, 1.807) is 16.4 Å².